The lowest BCUT2D eigenvalue weighted by atomic mass is 9.72. The molecular formula is C8H14BF3NO2-. The lowest BCUT2D eigenvalue weighted by molar-refractivity contribution is -0.135. The van der Waals surface area contributed by atoms with E-state index in [0.717, 1.165) is 6.92 Å². The Labute approximate surface area is 86.6 Å². The van der Waals surface area contributed by atoms with Crippen LogP contribution in [0, 0.1) is 0 Å². The highest BCUT2D eigenvalue weighted by Crippen LogP contribution is 2.29. The summed E-state index contributed by atoms with van der Waals surface area (Å²) in [4.78, 5) is 12.9. The Hall–Kier alpha value is -0.715. The first-order chi connectivity index (χ1) is 6.91. The van der Waals surface area contributed by atoms with E-state index in [-0.39, 0.29) is 0 Å². The summed E-state index contributed by atoms with van der Waals surface area (Å²) in [5.74, 6) is -1.94. The van der Waals surface area contributed by atoms with Crippen molar-refractivity contribution in [3.05, 3.63) is 0 Å². The highest BCUT2D eigenvalue weighted by Gasteiger charge is 2.33. The van der Waals surface area contributed by atoms with Crippen molar-refractivity contribution in [1.82, 2.24) is 4.90 Å². The van der Waals surface area contributed by atoms with E-state index in [1.165, 1.54) is 4.90 Å². The Morgan fingerprint density at radius 1 is 1.40 bits per heavy atom. The molecule has 7 heteroatoms. The van der Waals surface area contributed by atoms with Gasteiger partial charge in [-0.05, 0) is 0 Å². The Bertz CT molecular complexity index is 228. The van der Waals surface area contributed by atoms with Crippen LogP contribution in [0.2, 0.25) is 5.82 Å². The summed E-state index contributed by atoms with van der Waals surface area (Å²) in [6.07, 6.45) is -0.441. The maximum Gasteiger partial charge on any atom is 0.481 e. The minimum atomic E-state index is -4.91. The molecule has 0 radical (unpaired) electrons. The molecule has 0 aromatic carbocycles. The molecule has 1 heterocycles. The first-order valence-corrected chi connectivity index (χ1v) is 4.96. The van der Waals surface area contributed by atoms with Crippen molar-refractivity contribution in [2.45, 2.75) is 19.2 Å². The van der Waals surface area contributed by atoms with Crippen LogP contribution in [-0.2, 0) is 9.53 Å². The summed E-state index contributed by atoms with van der Waals surface area (Å²) in [5.41, 5.74) is 0. The number of halogens is 3. The third kappa shape index (κ3) is 3.73. The van der Waals surface area contributed by atoms with Crippen LogP contribution < -0.4 is 0 Å². The van der Waals surface area contributed by atoms with Crippen LogP contribution in [0.5, 0.6) is 0 Å². The monoisotopic (exact) mass is 224 g/mol. The molecule has 1 atom stereocenters. The van der Waals surface area contributed by atoms with E-state index in [1.54, 1.807) is 0 Å². The number of carbonyl (C=O) groups is 1. The van der Waals surface area contributed by atoms with Gasteiger partial charge in [-0.3, -0.25) is 4.79 Å². The molecular weight excluding hydrogens is 210 g/mol. The van der Waals surface area contributed by atoms with Crippen molar-refractivity contribution in [1.29, 1.82) is 0 Å². The predicted octanol–water partition coefficient (Wildman–Crippen LogP) is 1.47. The van der Waals surface area contributed by atoms with Gasteiger partial charge in [-0.2, -0.15) is 0 Å². The smallest absolute Gasteiger partial charge is 0.449 e. The molecule has 1 aliphatic rings. The fourth-order valence-corrected chi connectivity index (χ4v) is 1.35. The van der Waals surface area contributed by atoms with Crippen molar-refractivity contribution in [3.63, 3.8) is 0 Å². The molecule has 0 saturated carbocycles. The molecule has 3 nitrogen and oxygen atoms in total. The van der Waals surface area contributed by atoms with Crippen molar-refractivity contribution >= 4 is 12.9 Å². The van der Waals surface area contributed by atoms with Gasteiger partial charge in [-0.15, -0.1) is 0 Å². The van der Waals surface area contributed by atoms with Gasteiger partial charge < -0.3 is 22.6 Å². The van der Waals surface area contributed by atoms with Gasteiger partial charge in [0.25, 0.3) is 0 Å². The van der Waals surface area contributed by atoms with Crippen LogP contribution in [0.4, 0.5) is 12.9 Å². The third-order valence-electron chi connectivity index (χ3n) is 2.51. The Morgan fingerprint density at radius 2 is 1.93 bits per heavy atom. The number of rotatable bonds is 3. The van der Waals surface area contributed by atoms with Gasteiger partial charge in [0.1, 0.15) is 0 Å². The van der Waals surface area contributed by atoms with Crippen molar-refractivity contribution in [3.8, 4) is 0 Å². The van der Waals surface area contributed by atoms with Gasteiger partial charge in [-0.1, -0.05) is 12.7 Å². The van der Waals surface area contributed by atoms with Crippen molar-refractivity contribution in [2.24, 2.45) is 0 Å². The number of amides is 1. The second-order valence-electron chi connectivity index (χ2n) is 3.80. The molecule has 0 N–H and O–H groups in total. The molecule has 0 bridgehead atoms. The molecule has 0 aliphatic carbocycles. The molecule has 1 unspecified atom stereocenters. The number of carbonyl (C=O) groups excluding carboxylic acids is 1. The zero-order chi connectivity index (χ0) is 11.5. The molecule has 1 amide bonds. The first kappa shape index (κ1) is 12.4. The second kappa shape index (κ2) is 4.87. The highest BCUT2D eigenvalue weighted by molar-refractivity contribution is 6.60. The normalized spacial score (nSPS) is 20.1. The molecule has 1 rings (SSSR count). The van der Waals surface area contributed by atoms with Crippen LogP contribution in [0.15, 0.2) is 0 Å². The number of nitrogens with zero attached hydrogens (tertiary/aromatic N) is 1. The zero-order valence-corrected chi connectivity index (χ0v) is 8.59. The largest absolute Gasteiger partial charge is 0.481 e. The van der Waals surface area contributed by atoms with E-state index in [4.69, 9.17) is 4.74 Å². The minimum absolute atomic E-state index is 0.399. The number of hydrogen-bond acceptors (Lipinski definition) is 2. The average Bonchev–Trinajstić information content (AvgIpc) is 2.17. The van der Waals surface area contributed by atoms with Gasteiger partial charge >= 0.3 is 6.98 Å². The van der Waals surface area contributed by atoms with E-state index in [0.29, 0.717) is 26.3 Å². The Morgan fingerprint density at radius 3 is 2.40 bits per heavy atom. The summed E-state index contributed by atoms with van der Waals surface area (Å²) in [6.45, 7) is -2.23. The summed E-state index contributed by atoms with van der Waals surface area (Å²) in [6, 6.07) is 0. The topological polar surface area (TPSA) is 29.5 Å². The molecule has 1 aliphatic heterocycles. The lowest BCUT2D eigenvalue weighted by Gasteiger charge is -2.30. The molecule has 1 saturated heterocycles. The summed E-state index contributed by atoms with van der Waals surface area (Å²) >= 11 is 0. The van der Waals surface area contributed by atoms with Crippen LogP contribution in [0.25, 0.3) is 0 Å². The van der Waals surface area contributed by atoms with E-state index in [2.05, 4.69) is 0 Å². The molecule has 88 valence electrons. The molecule has 0 spiro atoms. The van der Waals surface area contributed by atoms with Crippen LogP contribution in [0.3, 0.4) is 0 Å². The fraction of sp³-hybridized carbons (Fsp3) is 0.875. The van der Waals surface area contributed by atoms with E-state index >= 15 is 0 Å². The summed E-state index contributed by atoms with van der Waals surface area (Å²) in [7, 11) is 0. The zero-order valence-electron chi connectivity index (χ0n) is 8.59. The standard InChI is InChI=1S/C8H14BF3NO2/c1-7(9(10,11)12)6-8(14)13-2-4-15-5-3-13/h7H,2-6H2,1H3/q-1. The third-order valence-corrected chi connectivity index (χ3v) is 2.51. The molecule has 0 aromatic heterocycles. The Balaban J connectivity index is 2.40. The van der Waals surface area contributed by atoms with Gasteiger partial charge in [0.15, 0.2) is 0 Å². The van der Waals surface area contributed by atoms with Crippen molar-refractivity contribution in [2.75, 3.05) is 26.3 Å². The van der Waals surface area contributed by atoms with E-state index in [9.17, 15) is 17.7 Å². The Kier molecular flexibility index (Phi) is 4.01. The summed E-state index contributed by atoms with van der Waals surface area (Å²) in [5, 5.41) is 0. The molecule has 0 aromatic rings. The molecule has 15 heavy (non-hydrogen) atoms. The van der Waals surface area contributed by atoms with E-state index < -0.39 is 25.1 Å². The van der Waals surface area contributed by atoms with E-state index in [1.807, 2.05) is 0 Å². The maximum absolute atomic E-state index is 12.2. The maximum atomic E-state index is 12.2. The minimum Gasteiger partial charge on any atom is -0.449 e. The summed E-state index contributed by atoms with van der Waals surface area (Å²) < 4.78 is 41.7. The fourth-order valence-electron chi connectivity index (χ4n) is 1.35. The quantitative estimate of drug-likeness (QED) is 0.679. The lowest BCUT2D eigenvalue weighted by Crippen LogP contribution is -2.42. The highest BCUT2D eigenvalue weighted by atomic mass is 19.4. The first-order valence-electron chi connectivity index (χ1n) is 4.96. The van der Waals surface area contributed by atoms with Gasteiger partial charge in [0.2, 0.25) is 5.91 Å². The van der Waals surface area contributed by atoms with Gasteiger partial charge in [0.05, 0.1) is 13.2 Å². The number of ether oxygens (including phenoxy) is 1. The van der Waals surface area contributed by atoms with Gasteiger partial charge in [-0.25, -0.2) is 0 Å². The van der Waals surface area contributed by atoms with Crippen LogP contribution in [-0.4, -0.2) is 44.1 Å². The second-order valence-corrected chi connectivity index (χ2v) is 3.80. The number of hydrogen-bond donors (Lipinski definition) is 0. The SMILES string of the molecule is CC(CC(=O)N1CCOCC1)[B-](F)(F)F. The number of morpholine rings is 1. The van der Waals surface area contributed by atoms with Crippen LogP contribution >= 0.6 is 0 Å². The van der Waals surface area contributed by atoms with Crippen molar-refractivity contribution < 1.29 is 22.5 Å². The predicted molar refractivity (Wildman–Crippen MR) is 50.5 cm³/mol. The van der Waals surface area contributed by atoms with Gasteiger partial charge in [0, 0.05) is 19.5 Å². The molecule has 1 fully saturated rings. The van der Waals surface area contributed by atoms with Crippen LogP contribution in [0.1, 0.15) is 13.3 Å². The average molecular weight is 224 g/mol.